The molecular formula is C28H34N2O3. The molecule has 0 N–H and O–H groups in total. The van der Waals surface area contributed by atoms with Crippen molar-refractivity contribution in [3.63, 3.8) is 0 Å². The van der Waals surface area contributed by atoms with Crippen molar-refractivity contribution >= 4 is 0 Å². The number of methoxy groups -OCH3 is 1. The third-order valence-electron chi connectivity index (χ3n) is 6.07. The lowest BCUT2D eigenvalue weighted by molar-refractivity contribution is 0.0614. The molecule has 0 saturated carbocycles. The summed E-state index contributed by atoms with van der Waals surface area (Å²) in [5, 5.41) is 0. The van der Waals surface area contributed by atoms with E-state index in [2.05, 4.69) is 52.4 Å². The molecule has 5 heteroatoms. The van der Waals surface area contributed by atoms with Crippen LogP contribution in [0.25, 0.3) is 11.4 Å². The van der Waals surface area contributed by atoms with Gasteiger partial charge in [-0.3, -0.25) is 0 Å². The Hall–Kier alpha value is -2.76. The molecule has 0 amide bonds. The van der Waals surface area contributed by atoms with Gasteiger partial charge in [-0.15, -0.1) is 0 Å². The molecule has 0 fully saturated rings. The van der Waals surface area contributed by atoms with Gasteiger partial charge in [0, 0.05) is 30.6 Å². The van der Waals surface area contributed by atoms with Crippen molar-refractivity contribution in [2.24, 2.45) is 0 Å². The molecular weight excluding hydrogens is 412 g/mol. The highest BCUT2D eigenvalue weighted by Crippen LogP contribution is 2.25. The molecule has 0 unspecified atom stereocenters. The molecule has 0 bridgehead atoms. The molecule has 0 saturated heterocycles. The first-order chi connectivity index (χ1) is 16.3. The van der Waals surface area contributed by atoms with Gasteiger partial charge in [0.2, 0.25) is 0 Å². The van der Waals surface area contributed by atoms with Crippen molar-refractivity contribution < 1.29 is 14.2 Å². The standard InChI is InChI=1S/C28H34N2O3/c1-31-16-17-32-21-23-19-29-28(30-20-23)25-11-9-22(10-12-25)6-5-15-33-27-14-13-24-7-3-2-4-8-26(24)18-27/h9-14,18-20H,2-8,15-17,21H2,1H3. The minimum atomic E-state index is 0.496. The summed E-state index contributed by atoms with van der Waals surface area (Å²) in [7, 11) is 1.66. The Labute approximate surface area is 197 Å². The molecule has 1 aromatic heterocycles. The molecule has 5 nitrogen and oxygen atoms in total. The number of aryl methyl sites for hydroxylation is 3. The average molecular weight is 447 g/mol. The fourth-order valence-corrected chi connectivity index (χ4v) is 4.17. The van der Waals surface area contributed by atoms with Crippen LogP contribution in [-0.4, -0.2) is 36.9 Å². The summed E-state index contributed by atoms with van der Waals surface area (Å²) in [5.41, 5.74) is 6.27. The maximum Gasteiger partial charge on any atom is 0.159 e. The van der Waals surface area contributed by atoms with E-state index < -0.39 is 0 Å². The van der Waals surface area contributed by atoms with Crippen molar-refractivity contribution in [2.45, 2.75) is 51.6 Å². The van der Waals surface area contributed by atoms with Gasteiger partial charge >= 0.3 is 0 Å². The van der Waals surface area contributed by atoms with Gasteiger partial charge in [-0.25, -0.2) is 9.97 Å². The first kappa shape index (κ1) is 23.4. The lowest BCUT2D eigenvalue weighted by Gasteiger charge is -2.11. The monoisotopic (exact) mass is 446 g/mol. The van der Waals surface area contributed by atoms with E-state index >= 15 is 0 Å². The van der Waals surface area contributed by atoms with Crippen LogP contribution in [0.15, 0.2) is 54.9 Å². The highest BCUT2D eigenvalue weighted by molar-refractivity contribution is 5.55. The Morgan fingerprint density at radius 3 is 2.36 bits per heavy atom. The quantitative estimate of drug-likeness (QED) is 0.284. The fraction of sp³-hybridized carbons (Fsp3) is 0.429. The SMILES string of the molecule is COCCOCc1cnc(-c2ccc(CCCOc3ccc4c(c3)CCCCC4)cc2)nc1. The lowest BCUT2D eigenvalue weighted by Crippen LogP contribution is -2.02. The van der Waals surface area contributed by atoms with Crippen LogP contribution in [-0.2, 0) is 35.3 Å². The predicted octanol–water partition coefficient (Wildman–Crippen LogP) is 5.59. The Bertz CT molecular complexity index is 987. The molecule has 0 atom stereocenters. The number of rotatable bonds is 11. The maximum absolute atomic E-state index is 6.04. The minimum Gasteiger partial charge on any atom is -0.494 e. The van der Waals surface area contributed by atoms with Crippen LogP contribution in [0, 0.1) is 0 Å². The zero-order valence-corrected chi connectivity index (χ0v) is 19.6. The van der Waals surface area contributed by atoms with Crippen LogP contribution in [0.4, 0.5) is 0 Å². The van der Waals surface area contributed by atoms with E-state index in [9.17, 15) is 0 Å². The van der Waals surface area contributed by atoms with E-state index in [1.54, 1.807) is 7.11 Å². The third kappa shape index (κ3) is 7.11. The normalized spacial score (nSPS) is 13.4. The van der Waals surface area contributed by atoms with E-state index in [1.807, 2.05) is 12.4 Å². The molecule has 2 aromatic carbocycles. The Kier molecular flexibility index (Phi) is 8.84. The summed E-state index contributed by atoms with van der Waals surface area (Å²) in [4.78, 5) is 8.96. The van der Waals surface area contributed by atoms with Crippen molar-refractivity contribution in [3.8, 4) is 17.1 Å². The number of ether oxygens (including phenoxy) is 3. The lowest BCUT2D eigenvalue weighted by atomic mass is 10.0. The predicted molar refractivity (Wildman–Crippen MR) is 131 cm³/mol. The Balaban J connectivity index is 1.22. The van der Waals surface area contributed by atoms with Crippen molar-refractivity contribution in [1.82, 2.24) is 9.97 Å². The van der Waals surface area contributed by atoms with Gasteiger partial charge in [-0.2, -0.15) is 0 Å². The summed E-state index contributed by atoms with van der Waals surface area (Å²) in [6, 6.07) is 15.1. The minimum absolute atomic E-state index is 0.496. The average Bonchev–Trinajstić information content (AvgIpc) is 3.10. The zero-order chi connectivity index (χ0) is 22.7. The highest BCUT2D eigenvalue weighted by atomic mass is 16.5. The molecule has 1 aliphatic rings. The van der Waals surface area contributed by atoms with Crippen LogP contribution >= 0.6 is 0 Å². The van der Waals surface area contributed by atoms with Gasteiger partial charge in [-0.05, 0) is 67.3 Å². The number of hydrogen-bond donors (Lipinski definition) is 0. The fourth-order valence-electron chi connectivity index (χ4n) is 4.17. The maximum atomic E-state index is 6.04. The van der Waals surface area contributed by atoms with Crippen LogP contribution in [0.2, 0.25) is 0 Å². The number of benzene rings is 2. The van der Waals surface area contributed by atoms with E-state index in [-0.39, 0.29) is 0 Å². The zero-order valence-electron chi connectivity index (χ0n) is 19.6. The largest absolute Gasteiger partial charge is 0.494 e. The van der Waals surface area contributed by atoms with E-state index in [4.69, 9.17) is 14.2 Å². The van der Waals surface area contributed by atoms with Crippen molar-refractivity contribution in [3.05, 3.63) is 77.1 Å². The number of hydrogen-bond acceptors (Lipinski definition) is 5. The summed E-state index contributed by atoms with van der Waals surface area (Å²) >= 11 is 0. The summed E-state index contributed by atoms with van der Waals surface area (Å²) < 4.78 is 16.5. The third-order valence-corrected chi connectivity index (χ3v) is 6.07. The molecule has 1 heterocycles. The molecule has 33 heavy (non-hydrogen) atoms. The molecule has 0 radical (unpaired) electrons. The first-order valence-corrected chi connectivity index (χ1v) is 12.0. The van der Waals surface area contributed by atoms with Gasteiger partial charge < -0.3 is 14.2 Å². The van der Waals surface area contributed by atoms with E-state index in [0.717, 1.165) is 42.1 Å². The Morgan fingerprint density at radius 1 is 0.788 bits per heavy atom. The second kappa shape index (κ2) is 12.5. The van der Waals surface area contributed by atoms with E-state index in [0.29, 0.717) is 19.8 Å². The first-order valence-electron chi connectivity index (χ1n) is 12.0. The van der Waals surface area contributed by atoms with Crippen LogP contribution in [0.3, 0.4) is 0 Å². The van der Waals surface area contributed by atoms with Crippen molar-refractivity contribution in [1.29, 1.82) is 0 Å². The summed E-state index contributed by atoms with van der Waals surface area (Å²) in [6.07, 6.45) is 12.0. The topological polar surface area (TPSA) is 53.5 Å². The number of fused-ring (bicyclic) bond motifs is 1. The number of aromatic nitrogens is 2. The van der Waals surface area contributed by atoms with Gasteiger partial charge in [0.05, 0.1) is 26.4 Å². The highest BCUT2D eigenvalue weighted by Gasteiger charge is 2.09. The molecule has 3 aromatic rings. The molecule has 174 valence electrons. The van der Waals surface area contributed by atoms with Gasteiger partial charge in [-0.1, -0.05) is 36.8 Å². The second-order valence-corrected chi connectivity index (χ2v) is 8.60. The summed E-state index contributed by atoms with van der Waals surface area (Å²) in [5.74, 6) is 1.74. The Morgan fingerprint density at radius 2 is 1.58 bits per heavy atom. The van der Waals surface area contributed by atoms with Crippen LogP contribution < -0.4 is 4.74 Å². The summed E-state index contributed by atoms with van der Waals surface area (Å²) in [6.45, 7) is 2.39. The molecule has 4 rings (SSSR count). The van der Waals surface area contributed by atoms with E-state index in [1.165, 1.54) is 48.8 Å². The second-order valence-electron chi connectivity index (χ2n) is 8.60. The van der Waals surface area contributed by atoms with Crippen LogP contribution in [0.1, 0.15) is 47.9 Å². The smallest absolute Gasteiger partial charge is 0.159 e. The van der Waals surface area contributed by atoms with Gasteiger partial charge in [0.15, 0.2) is 5.82 Å². The van der Waals surface area contributed by atoms with Gasteiger partial charge in [0.25, 0.3) is 0 Å². The van der Waals surface area contributed by atoms with Gasteiger partial charge in [0.1, 0.15) is 5.75 Å². The molecule has 0 spiro atoms. The van der Waals surface area contributed by atoms with Crippen LogP contribution in [0.5, 0.6) is 5.75 Å². The molecule has 0 aliphatic heterocycles. The molecule has 1 aliphatic carbocycles. The number of nitrogens with zero attached hydrogens (tertiary/aromatic N) is 2. The van der Waals surface area contributed by atoms with Crippen molar-refractivity contribution in [2.75, 3.05) is 26.9 Å².